The first-order valence-electron chi connectivity index (χ1n) is 8.06. The molecule has 1 saturated carbocycles. The number of carbonyl (C=O) groups excluding carboxylic acids is 1. The number of ether oxygens (including phenoxy) is 1. The standard InChI is InChI=1S/C18H26BrNO2/c1-18(2,3)22-17(21)20-16-10-6-14(7-11-16)12-13-4-8-15(19)9-5-13/h4-5,8-9,14,16H,6-7,10-12H2,1-3H3,(H,20,21). The van der Waals surface area contributed by atoms with Gasteiger partial charge in [0.1, 0.15) is 5.60 Å². The van der Waals surface area contributed by atoms with Crippen molar-refractivity contribution in [2.24, 2.45) is 5.92 Å². The normalized spacial score (nSPS) is 22.2. The maximum Gasteiger partial charge on any atom is 0.407 e. The molecule has 1 fully saturated rings. The molecule has 1 aromatic carbocycles. The number of nitrogens with one attached hydrogen (secondary N) is 1. The molecule has 0 aromatic heterocycles. The molecule has 4 heteroatoms. The summed E-state index contributed by atoms with van der Waals surface area (Å²) in [5.74, 6) is 0.720. The van der Waals surface area contributed by atoms with Gasteiger partial charge in [-0.15, -0.1) is 0 Å². The minimum absolute atomic E-state index is 0.260. The van der Waals surface area contributed by atoms with E-state index in [1.165, 1.54) is 5.56 Å². The zero-order valence-electron chi connectivity index (χ0n) is 13.7. The van der Waals surface area contributed by atoms with E-state index in [2.05, 4.69) is 45.5 Å². The lowest BCUT2D eigenvalue weighted by Crippen LogP contribution is -2.41. The lowest BCUT2D eigenvalue weighted by molar-refractivity contribution is 0.0487. The van der Waals surface area contributed by atoms with Crippen LogP contribution in [0.5, 0.6) is 0 Å². The highest BCUT2D eigenvalue weighted by Gasteiger charge is 2.24. The van der Waals surface area contributed by atoms with Crippen molar-refractivity contribution in [1.82, 2.24) is 5.32 Å². The summed E-state index contributed by atoms with van der Waals surface area (Å²) in [6.07, 6.45) is 5.25. The molecule has 0 bridgehead atoms. The highest BCUT2D eigenvalue weighted by atomic mass is 79.9. The maximum atomic E-state index is 11.8. The Morgan fingerprint density at radius 1 is 1.18 bits per heavy atom. The van der Waals surface area contributed by atoms with Crippen molar-refractivity contribution in [3.8, 4) is 0 Å². The lowest BCUT2D eigenvalue weighted by Gasteiger charge is -2.30. The van der Waals surface area contributed by atoms with Crippen LogP contribution in [0, 0.1) is 5.92 Å². The fraction of sp³-hybridized carbons (Fsp3) is 0.611. The van der Waals surface area contributed by atoms with Gasteiger partial charge in [0.05, 0.1) is 0 Å². The molecule has 0 aliphatic heterocycles. The smallest absolute Gasteiger partial charge is 0.407 e. The van der Waals surface area contributed by atoms with Crippen LogP contribution in [0.15, 0.2) is 28.7 Å². The molecule has 0 spiro atoms. The van der Waals surface area contributed by atoms with Crippen LogP contribution >= 0.6 is 15.9 Å². The van der Waals surface area contributed by atoms with E-state index < -0.39 is 5.60 Å². The maximum absolute atomic E-state index is 11.8. The number of alkyl carbamates (subject to hydrolysis) is 1. The summed E-state index contributed by atoms with van der Waals surface area (Å²) in [7, 11) is 0. The third-order valence-electron chi connectivity index (χ3n) is 4.01. The van der Waals surface area contributed by atoms with Crippen LogP contribution < -0.4 is 5.32 Å². The zero-order valence-corrected chi connectivity index (χ0v) is 15.3. The van der Waals surface area contributed by atoms with E-state index in [1.807, 2.05) is 20.8 Å². The van der Waals surface area contributed by atoms with Gasteiger partial charge in [-0.2, -0.15) is 0 Å². The lowest BCUT2D eigenvalue weighted by atomic mass is 9.82. The summed E-state index contributed by atoms with van der Waals surface area (Å²) in [6, 6.07) is 8.84. The molecule has 1 aromatic rings. The van der Waals surface area contributed by atoms with E-state index in [1.54, 1.807) is 0 Å². The second-order valence-corrected chi connectivity index (χ2v) is 8.11. The van der Waals surface area contributed by atoms with Crippen molar-refractivity contribution in [3.63, 3.8) is 0 Å². The van der Waals surface area contributed by atoms with Gasteiger partial charge < -0.3 is 10.1 Å². The van der Waals surface area contributed by atoms with Crippen molar-refractivity contribution in [1.29, 1.82) is 0 Å². The van der Waals surface area contributed by atoms with Crippen LogP contribution in [-0.2, 0) is 11.2 Å². The first-order chi connectivity index (χ1) is 10.3. The monoisotopic (exact) mass is 367 g/mol. The number of carbonyl (C=O) groups is 1. The minimum Gasteiger partial charge on any atom is -0.444 e. The summed E-state index contributed by atoms with van der Waals surface area (Å²) in [6.45, 7) is 5.67. The molecule has 0 radical (unpaired) electrons. The Kier molecular flexibility index (Phi) is 5.90. The van der Waals surface area contributed by atoms with Crippen molar-refractivity contribution in [2.75, 3.05) is 0 Å². The van der Waals surface area contributed by atoms with Gasteiger partial charge in [-0.1, -0.05) is 28.1 Å². The second-order valence-electron chi connectivity index (χ2n) is 7.19. The number of amides is 1. The van der Waals surface area contributed by atoms with Gasteiger partial charge in [-0.05, 0) is 76.5 Å². The number of halogens is 1. The second kappa shape index (κ2) is 7.49. The van der Waals surface area contributed by atoms with Gasteiger partial charge in [0.25, 0.3) is 0 Å². The molecule has 0 unspecified atom stereocenters. The van der Waals surface area contributed by atoms with Gasteiger partial charge in [-0.25, -0.2) is 4.79 Å². The summed E-state index contributed by atoms with van der Waals surface area (Å²) >= 11 is 3.47. The van der Waals surface area contributed by atoms with Crippen LogP contribution in [0.3, 0.4) is 0 Å². The number of rotatable bonds is 3. The molecular weight excluding hydrogens is 342 g/mol. The van der Waals surface area contributed by atoms with E-state index >= 15 is 0 Å². The van der Waals surface area contributed by atoms with Gasteiger partial charge in [0.2, 0.25) is 0 Å². The minimum atomic E-state index is -0.428. The average Bonchev–Trinajstić information content (AvgIpc) is 2.41. The number of benzene rings is 1. The molecule has 1 aliphatic carbocycles. The Bertz CT molecular complexity index is 485. The van der Waals surface area contributed by atoms with E-state index in [0.717, 1.165) is 42.5 Å². The summed E-state index contributed by atoms with van der Waals surface area (Å²) in [4.78, 5) is 11.8. The topological polar surface area (TPSA) is 38.3 Å². The first kappa shape index (κ1) is 17.3. The predicted molar refractivity (Wildman–Crippen MR) is 93.0 cm³/mol. The predicted octanol–water partition coefficient (Wildman–Crippen LogP) is 5.08. The van der Waals surface area contributed by atoms with Gasteiger partial charge in [-0.3, -0.25) is 0 Å². The molecular formula is C18H26BrNO2. The Labute approximate surface area is 141 Å². The zero-order chi connectivity index (χ0) is 16.2. The molecule has 3 nitrogen and oxygen atoms in total. The van der Waals surface area contributed by atoms with E-state index in [4.69, 9.17) is 4.74 Å². The van der Waals surface area contributed by atoms with Crippen molar-refractivity contribution >= 4 is 22.0 Å². The molecule has 0 atom stereocenters. The molecule has 1 N–H and O–H groups in total. The van der Waals surface area contributed by atoms with Crippen LogP contribution in [0.4, 0.5) is 4.79 Å². The summed E-state index contributed by atoms with van der Waals surface area (Å²) in [5, 5.41) is 3.00. The molecule has 0 saturated heterocycles. The van der Waals surface area contributed by atoms with Crippen LogP contribution in [0.25, 0.3) is 0 Å². The number of hydrogen-bond donors (Lipinski definition) is 1. The average molecular weight is 368 g/mol. The summed E-state index contributed by atoms with van der Waals surface area (Å²) < 4.78 is 6.45. The third-order valence-corrected chi connectivity index (χ3v) is 4.53. The van der Waals surface area contributed by atoms with Crippen molar-refractivity contribution < 1.29 is 9.53 Å². The summed E-state index contributed by atoms with van der Waals surface area (Å²) in [5.41, 5.74) is 0.967. The SMILES string of the molecule is CC(C)(C)OC(=O)NC1CCC(Cc2ccc(Br)cc2)CC1. The molecule has 22 heavy (non-hydrogen) atoms. The largest absolute Gasteiger partial charge is 0.444 e. The van der Waals surface area contributed by atoms with E-state index in [-0.39, 0.29) is 12.1 Å². The Morgan fingerprint density at radius 3 is 2.32 bits per heavy atom. The van der Waals surface area contributed by atoms with Crippen molar-refractivity contribution in [2.45, 2.75) is 64.5 Å². The van der Waals surface area contributed by atoms with Gasteiger partial charge >= 0.3 is 6.09 Å². The van der Waals surface area contributed by atoms with Gasteiger partial charge in [0, 0.05) is 10.5 Å². The highest BCUT2D eigenvalue weighted by Crippen LogP contribution is 2.28. The van der Waals surface area contributed by atoms with E-state index in [9.17, 15) is 4.79 Å². The molecule has 1 aliphatic rings. The Balaban J connectivity index is 1.73. The molecule has 2 rings (SSSR count). The fourth-order valence-electron chi connectivity index (χ4n) is 2.94. The first-order valence-corrected chi connectivity index (χ1v) is 8.85. The van der Waals surface area contributed by atoms with Crippen molar-refractivity contribution in [3.05, 3.63) is 34.3 Å². The Morgan fingerprint density at radius 2 is 1.77 bits per heavy atom. The van der Waals surface area contributed by atoms with Crippen LogP contribution in [0.2, 0.25) is 0 Å². The Hall–Kier alpha value is -1.03. The third kappa shape index (κ3) is 5.99. The molecule has 122 valence electrons. The van der Waals surface area contributed by atoms with Gasteiger partial charge in [0.15, 0.2) is 0 Å². The highest BCUT2D eigenvalue weighted by molar-refractivity contribution is 9.10. The van der Waals surface area contributed by atoms with Crippen LogP contribution in [-0.4, -0.2) is 17.7 Å². The van der Waals surface area contributed by atoms with Crippen LogP contribution in [0.1, 0.15) is 52.0 Å². The quantitative estimate of drug-likeness (QED) is 0.809. The fourth-order valence-corrected chi connectivity index (χ4v) is 3.20. The number of hydrogen-bond acceptors (Lipinski definition) is 2. The molecule has 0 heterocycles. The van der Waals surface area contributed by atoms with E-state index in [0.29, 0.717) is 0 Å². The molecule has 1 amide bonds.